The third-order valence-electron chi connectivity index (χ3n) is 3.94. The summed E-state index contributed by atoms with van der Waals surface area (Å²) in [7, 11) is 0. The number of amides is 1. The molecule has 0 aliphatic carbocycles. The lowest BCUT2D eigenvalue weighted by molar-refractivity contribution is -0.135. The van der Waals surface area contributed by atoms with E-state index in [1.807, 2.05) is 18.7 Å². The van der Waals surface area contributed by atoms with Crippen LogP contribution in [0.1, 0.15) is 26.7 Å². The van der Waals surface area contributed by atoms with Gasteiger partial charge in [0.05, 0.1) is 11.1 Å². The minimum atomic E-state index is -0.428. The van der Waals surface area contributed by atoms with Crippen molar-refractivity contribution in [2.75, 3.05) is 13.1 Å². The molecule has 4 nitrogen and oxygen atoms in total. The summed E-state index contributed by atoms with van der Waals surface area (Å²) in [6.07, 6.45) is 1.60. The number of likely N-dealkylation sites (tertiary alicyclic amines) is 1. The van der Waals surface area contributed by atoms with Crippen molar-refractivity contribution in [1.82, 2.24) is 4.90 Å². The van der Waals surface area contributed by atoms with Gasteiger partial charge in [-0.3, -0.25) is 4.79 Å². The van der Waals surface area contributed by atoms with E-state index < -0.39 is 6.04 Å². The molecule has 0 aromatic heterocycles. The number of carbonyl (C=O) groups excluding carboxylic acids is 1. The number of nitrogens with two attached hydrogens (primary N) is 1. The van der Waals surface area contributed by atoms with Gasteiger partial charge in [0.1, 0.15) is 11.9 Å². The van der Waals surface area contributed by atoms with Crippen molar-refractivity contribution in [3.8, 4) is 5.75 Å². The van der Waals surface area contributed by atoms with Gasteiger partial charge in [0, 0.05) is 31.0 Å². The summed E-state index contributed by atoms with van der Waals surface area (Å²) in [6.45, 7) is 5.24. The zero-order chi connectivity index (χ0) is 16.3. The third kappa shape index (κ3) is 5.42. The Bertz CT molecular complexity index is 532. The molecule has 1 aromatic rings. The van der Waals surface area contributed by atoms with Gasteiger partial charge in [0.25, 0.3) is 0 Å². The standard InChI is InChI=1S/C16H22Cl2N2O2.ClH/c1-10(2)15(19)16(21)20-7-5-12(6-8-20)22-14-4-3-11(17)9-13(14)18;/h3-4,9-10,12,15H,5-8,19H2,1-2H3;1H/t15-;/m0./s1. The molecular weight excluding hydrogens is 359 g/mol. The van der Waals surface area contributed by atoms with Crippen LogP contribution in [-0.4, -0.2) is 36.0 Å². The molecule has 130 valence electrons. The first-order valence-corrected chi connectivity index (χ1v) is 8.30. The summed E-state index contributed by atoms with van der Waals surface area (Å²) in [5.41, 5.74) is 5.93. The minimum Gasteiger partial charge on any atom is -0.489 e. The maximum atomic E-state index is 12.2. The maximum Gasteiger partial charge on any atom is 0.239 e. The number of rotatable bonds is 4. The normalized spacial score (nSPS) is 16.9. The second-order valence-corrected chi connectivity index (χ2v) is 6.83. The molecule has 1 aliphatic rings. The van der Waals surface area contributed by atoms with E-state index in [9.17, 15) is 4.79 Å². The summed E-state index contributed by atoms with van der Waals surface area (Å²) in [5.74, 6) is 0.807. The van der Waals surface area contributed by atoms with Gasteiger partial charge in [-0.2, -0.15) is 0 Å². The van der Waals surface area contributed by atoms with Crippen molar-refractivity contribution in [2.45, 2.75) is 38.8 Å². The van der Waals surface area contributed by atoms with E-state index in [1.54, 1.807) is 18.2 Å². The van der Waals surface area contributed by atoms with Crippen LogP contribution in [0.5, 0.6) is 5.75 Å². The molecular formula is C16H23Cl3N2O2. The number of piperidine rings is 1. The van der Waals surface area contributed by atoms with Gasteiger partial charge in [-0.25, -0.2) is 0 Å². The van der Waals surface area contributed by atoms with E-state index in [2.05, 4.69) is 0 Å². The highest BCUT2D eigenvalue weighted by Gasteiger charge is 2.28. The van der Waals surface area contributed by atoms with Crippen LogP contribution in [0.15, 0.2) is 18.2 Å². The Labute approximate surface area is 153 Å². The SMILES string of the molecule is CC(C)[C@H](N)C(=O)N1CCC(Oc2ccc(Cl)cc2Cl)CC1.Cl. The highest BCUT2D eigenvalue weighted by atomic mass is 35.5. The predicted octanol–water partition coefficient (Wildman–Crippen LogP) is 3.77. The fraction of sp³-hybridized carbons (Fsp3) is 0.562. The Hall–Kier alpha value is -0.680. The summed E-state index contributed by atoms with van der Waals surface area (Å²) in [5, 5.41) is 1.09. The molecule has 0 saturated carbocycles. The monoisotopic (exact) mass is 380 g/mol. The minimum absolute atomic E-state index is 0. The van der Waals surface area contributed by atoms with Crippen molar-refractivity contribution in [3.05, 3.63) is 28.2 Å². The topological polar surface area (TPSA) is 55.6 Å². The molecule has 0 radical (unpaired) electrons. The van der Waals surface area contributed by atoms with Crippen LogP contribution in [0.2, 0.25) is 10.0 Å². The van der Waals surface area contributed by atoms with E-state index in [1.165, 1.54) is 0 Å². The summed E-state index contributed by atoms with van der Waals surface area (Å²) in [6, 6.07) is 4.77. The molecule has 1 heterocycles. The van der Waals surface area contributed by atoms with Crippen molar-refractivity contribution in [1.29, 1.82) is 0 Å². The van der Waals surface area contributed by atoms with E-state index in [0.29, 0.717) is 28.9 Å². The zero-order valence-corrected chi connectivity index (χ0v) is 15.6. The third-order valence-corrected chi connectivity index (χ3v) is 4.48. The molecule has 23 heavy (non-hydrogen) atoms. The average molecular weight is 382 g/mol. The molecule has 0 unspecified atom stereocenters. The molecule has 2 N–H and O–H groups in total. The van der Waals surface area contributed by atoms with E-state index in [-0.39, 0.29) is 30.3 Å². The number of halogens is 3. The first-order valence-electron chi connectivity index (χ1n) is 7.54. The van der Waals surface area contributed by atoms with Crippen molar-refractivity contribution >= 4 is 41.5 Å². The molecule has 1 aromatic carbocycles. The van der Waals surface area contributed by atoms with Crippen LogP contribution in [0, 0.1) is 5.92 Å². The Kier molecular flexibility index (Phi) is 7.95. The van der Waals surface area contributed by atoms with Crippen LogP contribution < -0.4 is 10.5 Å². The number of hydrogen-bond donors (Lipinski definition) is 1. The molecule has 0 bridgehead atoms. The molecule has 1 fully saturated rings. The maximum absolute atomic E-state index is 12.2. The molecule has 1 aliphatic heterocycles. The van der Waals surface area contributed by atoms with Crippen molar-refractivity contribution in [2.24, 2.45) is 11.7 Å². The molecule has 1 atom stereocenters. The average Bonchev–Trinajstić information content (AvgIpc) is 2.49. The number of benzene rings is 1. The largest absolute Gasteiger partial charge is 0.489 e. The lowest BCUT2D eigenvalue weighted by Crippen LogP contribution is -2.50. The molecule has 2 rings (SSSR count). The van der Waals surface area contributed by atoms with Gasteiger partial charge in [0.15, 0.2) is 0 Å². The van der Waals surface area contributed by atoms with Crippen LogP contribution in [0.25, 0.3) is 0 Å². The quantitative estimate of drug-likeness (QED) is 0.863. The van der Waals surface area contributed by atoms with Gasteiger partial charge in [-0.1, -0.05) is 37.0 Å². The Morgan fingerprint density at radius 3 is 2.43 bits per heavy atom. The Morgan fingerprint density at radius 2 is 1.91 bits per heavy atom. The first kappa shape index (κ1) is 20.4. The summed E-state index contributed by atoms with van der Waals surface area (Å²) in [4.78, 5) is 14.0. The first-order chi connectivity index (χ1) is 10.4. The van der Waals surface area contributed by atoms with Crippen LogP contribution >= 0.6 is 35.6 Å². The second kappa shape index (κ2) is 8.97. The smallest absolute Gasteiger partial charge is 0.239 e. The molecule has 7 heteroatoms. The fourth-order valence-corrected chi connectivity index (χ4v) is 2.89. The van der Waals surface area contributed by atoms with Gasteiger partial charge in [-0.05, 0) is 24.1 Å². The highest BCUT2D eigenvalue weighted by Crippen LogP contribution is 2.30. The number of carbonyl (C=O) groups is 1. The molecule has 1 saturated heterocycles. The van der Waals surface area contributed by atoms with E-state index in [4.69, 9.17) is 33.7 Å². The lowest BCUT2D eigenvalue weighted by Gasteiger charge is -2.34. The lowest BCUT2D eigenvalue weighted by atomic mass is 10.0. The van der Waals surface area contributed by atoms with Crippen molar-refractivity contribution in [3.63, 3.8) is 0 Å². The fourth-order valence-electron chi connectivity index (χ4n) is 2.44. The predicted molar refractivity (Wildman–Crippen MR) is 96.8 cm³/mol. The molecule has 1 amide bonds. The highest BCUT2D eigenvalue weighted by molar-refractivity contribution is 6.35. The second-order valence-electron chi connectivity index (χ2n) is 5.99. The number of hydrogen-bond acceptors (Lipinski definition) is 3. The summed E-state index contributed by atoms with van der Waals surface area (Å²) >= 11 is 12.0. The summed E-state index contributed by atoms with van der Waals surface area (Å²) < 4.78 is 5.92. The molecule has 0 spiro atoms. The van der Waals surface area contributed by atoms with E-state index in [0.717, 1.165) is 12.8 Å². The Morgan fingerprint density at radius 1 is 1.30 bits per heavy atom. The Balaban J connectivity index is 0.00000264. The zero-order valence-electron chi connectivity index (χ0n) is 13.3. The van der Waals surface area contributed by atoms with Gasteiger partial charge < -0.3 is 15.4 Å². The number of ether oxygens (including phenoxy) is 1. The van der Waals surface area contributed by atoms with Gasteiger partial charge >= 0.3 is 0 Å². The van der Waals surface area contributed by atoms with E-state index >= 15 is 0 Å². The number of nitrogens with zero attached hydrogens (tertiary/aromatic N) is 1. The van der Waals surface area contributed by atoms with Crippen LogP contribution in [0.3, 0.4) is 0 Å². The van der Waals surface area contributed by atoms with Crippen LogP contribution in [0.4, 0.5) is 0 Å². The van der Waals surface area contributed by atoms with Gasteiger partial charge in [0.2, 0.25) is 5.91 Å². The van der Waals surface area contributed by atoms with Gasteiger partial charge in [-0.15, -0.1) is 12.4 Å². The van der Waals surface area contributed by atoms with Crippen LogP contribution in [-0.2, 0) is 4.79 Å². The van der Waals surface area contributed by atoms with Crippen molar-refractivity contribution < 1.29 is 9.53 Å².